The minimum atomic E-state index is -0.455. The van der Waals surface area contributed by atoms with Crippen molar-refractivity contribution in [2.24, 2.45) is 11.8 Å². The molecular weight excluding hydrogens is 336 g/mol. The molecule has 6 atom stereocenters. The zero-order chi connectivity index (χ0) is 15.1. The lowest BCUT2D eigenvalue weighted by Gasteiger charge is -2.19. The first kappa shape index (κ1) is 24.9. The smallest absolute Gasteiger partial charge is 0.344 e. The molecule has 26 heavy (non-hydrogen) atoms. The van der Waals surface area contributed by atoms with Crippen molar-refractivity contribution in [1.29, 1.82) is 0 Å². The lowest BCUT2D eigenvalue weighted by molar-refractivity contribution is -0.162. The maximum atomic E-state index is 11.9. The Morgan fingerprint density at radius 3 is 2.00 bits per heavy atom. The Morgan fingerprint density at radius 2 is 1.38 bits per heavy atom. The highest BCUT2D eigenvalue weighted by molar-refractivity contribution is 5.78. The van der Waals surface area contributed by atoms with E-state index in [1.54, 1.807) is 0 Å². The molecule has 2 saturated carbocycles. The maximum Gasteiger partial charge on any atom is 0.344 e. The fourth-order valence-electron chi connectivity index (χ4n) is 3.76. The van der Waals surface area contributed by atoms with E-state index in [0.29, 0.717) is 30.8 Å². The lowest BCUT2D eigenvalue weighted by atomic mass is 9.89. The second-order valence-electron chi connectivity index (χ2n) is 6.91. The maximum absolute atomic E-state index is 11.9. The summed E-state index contributed by atoms with van der Waals surface area (Å²) in [6.07, 6.45) is 6.95. The third-order valence-corrected chi connectivity index (χ3v) is 5.26. The number of fused-ring (bicyclic) bond motifs is 2. The highest BCUT2D eigenvalue weighted by atomic mass is 16.6. The minimum absolute atomic E-state index is 0. The van der Waals surface area contributed by atoms with Crippen molar-refractivity contribution in [3.63, 3.8) is 0 Å². The largest absolute Gasteiger partial charge is 0.463 e. The van der Waals surface area contributed by atoms with Crippen LogP contribution in [0.3, 0.4) is 0 Å². The summed E-state index contributed by atoms with van der Waals surface area (Å²) < 4.78 is 21.1. The van der Waals surface area contributed by atoms with Gasteiger partial charge in [0.25, 0.3) is 0 Å². The summed E-state index contributed by atoms with van der Waals surface area (Å²) in [7, 11) is 0. The third-order valence-electron chi connectivity index (χ3n) is 5.26. The van der Waals surface area contributed by atoms with Crippen LogP contribution in [0, 0.1) is 11.8 Å². The molecule has 0 amide bonds. The van der Waals surface area contributed by atoms with Gasteiger partial charge in [-0.15, -0.1) is 0 Å². The Kier molecular flexibility index (Phi) is 9.81. The molecule has 154 valence electrons. The van der Waals surface area contributed by atoms with Gasteiger partial charge in [0.15, 0.2) is 6.61 Å². The Morgan fingerprint density at radius 1 is 0.769 bits per heavy atom. The molecule has 2 aliphatic heterocycles. The van der Waals surface area contributed by atoms with Crippen LogP contribution in [0.15, 0.2) is 0 Å². The van der Waals surface area contributed by atoms with Gasteiger partial charge in [-0.2, -0.15) is 0 Å². The molecule has 4 rings (SSSR count). The molecule has 6 nitrogen and oxygen atoms in total. The SMILES string of the molecule is C.C.C.C.O=C(COC(=O)C1CCC2OC2C1)OCC1CCC2OC2C1. The van der Waals surface area contributed by atoms with Gasteiger partial charge in [-0.25, -0.2) is 4.79 Å². The quantitative estimate of drug-likeness (QED) is 0.539. The van der Waals surface area contributed by atoms with E-state index in [0.717, 1.165) is 38.5 Å². The molecule has 0 N–H and O–H groups in total. The molecule has 4 fully saturated rings. The van der Waals surface area contributed by atoms with Crippen molar-refractivity contribution < 1.29 is 28.5 Å². The topological polar surface area (TPSA) is 77.7 Å². The van der Waals surface area contributed by atoms with E-state index >= 15 is 0 Å². The van der Waals surface area contributed by atoms with Crippen LogP contribution >= 0.6 is 0 Å². The summed E-state index contributed by atoms with van der Waals surface area (Å²) in [5.74, 6) is -0.495. The summed E-state index contributed by atoms with van der Waals surface area (Å²) >= 11 is 0. The van der Waals surface area contributed by atoms with Crippen LogP contribution in [0.2, 0.25) is 0 Å². The number of carbonyl (C=O) groups excluding carboxylic acids is 2. The van der Waals surface area contributed by atoms with E-state index in [1.807, 2.05) is 0 Å². The van der Waals surface area contributed by atoms with Crippen molar-refractivity contribution in [2.45, 2.75) is 92.6 Å². The molecule has 0 aromatic heterocycles. The minimum Gasteiger partial charge on any atom is -0.463 e. The number of hydrogen-bond acceptors (Lipinski definition) is 6. The summed E-state index contributed by atoms with van der Waals surface area (Å²) in [6.45, 7) is 0.129. The van der Waals surface area contributed by atoms with Crippen molar-refractivity contribution >= 4 is 11.9 Å². The first-order valence-corrected chi connectivity index (χ1v) is 8.32. The van der Waals surface area contributed by atoms with Crippen LogP contribution in [0.1, 0.15) is 68.2 Å². The summed E-state index contributed by atoms with van der Waals surface area (Å²) in [4.78, 5) is 23.6. The number of hydrogen-bond donors (Lipinski definition) is 0. The molecule has 0 bridgehead atoms. The summed E-state index contributed by atoms with van der Waals surface area (Å²) in [6, 6.07) is 0. The zero-order valence-electron chi connectivity index (χ0n) is 12.6. The van der Waals surface area contributed by atoms with Gasteiger partial charge in [0, 0.05) is 0 Å². The molecule has 2 heterocycles. The molecule has 6 unspecified atom stereocenters. The number of ether oxygens (including phenoxy) is 4. The monoisotopic (exact) mass is 374 g/mol. The van der Waals surface area contributed by atoms with Crippen molar-refractivity contribution in [3.8, 4) is 0 Å². The Bertz CT molecular complexity index is 465. The van der Waals surface area contributed by atoms with E-state index in [1.165, 1.54) is 0 Å². The van der Waals surface area contributed by atoms with Crippen molar-refractivity contribution in [1.82, 2.24) is 0 Å². The van der Waals surface area contributed by atoms with E-state index in [2.05, 4.69) is 0 Å². The highest BCUT2D eigenvalue weighted by Gasteiger charge is 2.46. The molecule has 0 aromatic rings. The van der Waals surface area contributed by atoms with Crippen LogP contribution in [-0.2, 0) is 28.5 Å². The molecule has 6 heteroatoms. The second kappa shape index (κ2) is 10.3. The zero-order valence-corrected chi connectivity index (χ0v) is 12.6. The number of epoxide rings is 2. The van der Waals surface area contributed by atoms with E-state index in [-0.39, 0.29) is 54.3 Å². The van der Waals surface area contributed by atoms with Crippen LogP contribution in [0.4, 0.5) is 0 Å². The van der Waals surface area contributed by atoms with Gasteiger partial charge in [-0.05, 0) is 44.4 Å². The van der Waals surface area contributed by atoms with Gasteiger partial charge < -0.3 is 18.9 Å². The van der Waals surface area contributed by atoms with E-state index in [9.17, 15) is 9.59 Å². The molecule has 2 saturated heterocycles. The van der Waals surface area contributed by atoms with Gasteiger partial charge in [0.05, 0.1) is 36.9 Å². The van der Waals surface area contributed by atoms with Crippen LogP contribution in [0.5, 0.6) is 0 Å². The van der Waals surface area contributed by atoms with Crippen molar-refractivity contribution in [3.05, 3.63) is 0 Å². The number of esters is 2. The van der Waals surface area contributed by atoms with Gasteiger partial charge in [0.2, 0.25) is 0 Å². The Labute approximate surface area is 158 Å². The molecule has 0 aromatic carbocycles. The second-order valence-corrected chi connectivity index (χ2v) is 6.91. The molecular formula is C20H38O6. The number of rotatable bonds is 5. The lowest BCUT2D eigenvalue weighted by Crippen LogP contribution is -2.27. The first-order valence-electron chi connectivity index (χ1n) is 8.32. The third kappa shape index (κ3) is 5.95. The average molecular weight is 375 g/mol. The van der Waals surface area contributed by atoms with Gasteiger partial charge in [0.1, 0.15) is 0 Å². The molecule has 2 aliphatic carbocycles. The highest BCUT2D eigenvalue weighted by Crippen LogP contribution is 2.40. The summed E-state index contributed by atoms with van der Waals surface area (Å²) in [5, 5.41) is 0. The normalized spacial score (nSPS) is 35.4. The first-order chi connectivity index (χ1) is 10.7. The molecule has 0 spiro atoms. The Hall–Kier alpha value is -1.14. The van der Waals surface area contributed by atoms with E-state index in [4.69, 9.17) is 18.9 Å². The number of carbonyl (C=O) groups is 2. The summed E-state index contributed by atoms with van der Waals surface area (Å²) in [5.41, 5.74) is 0. The fraction of sp³-hybridized carbons (Fsp3) is 0.900. The molecule has 4 aliphatic rings. The van der Waals surface area contributed by atoms with Crippen LogP contribution in [0.25, 0.3) is 0 Å². The predicted molar refractivity (Wildman–Crippen MR) is 101 cm³/mol. The van der Waals surface area contributed by atoms with Gasteiger partial charge in [-0.1, -0.05) is 29.7 Å². The standard InChI is InChI=1S/C16H22O6.4CH4/c17-15(19-7-9-1-3-11-13(5-9)21-11)8-20-16(18)10-2-4-12-14(6-10)22-12;;;;/h9-14H,1-8H2;4*1H4. The van der Waals surface area contributed by atoms with Crippen molar-refractivity contribution in [2.75, 3.05) is 13.2 Å². The fourth-order valence-corrected chi connectivity index (χ4v) is 3.76. The van der Waals surface area contributed by atoms with Gasteiger partial charge >= 0.3 is 11.9 Å². The van der Waals surface area contributed by atoms with Crippen LogP contribution in [-0.4, -0.2) is 49.6 Å². The van der Waals surface area contributed by atoms with E-state index < -0.39 is 5.97 Å². The van der Waals surface area contributed by atoms with Gasteiger partial charge in [-0.3, -0.25) is 4.79 Å². The van der Waals surface area contributed by atoms with Crippen LogP contribution < -0.4 is 0 Å². The predicted octanol–water partition coefficient (Wildman–Crippen LogP) is 3.75. The molecule has 0 radical (unpaired) electrons. The Balaban J connectivity index is 0.00000156. The average Bonchev–Trinajstić information content (AvgIpc) is 3.43.